The van der Waals surface area contributed by atoms with Crippen molar-refractivity contribution in [2.45, 2.75) is 110 Å². The van der Waals surface area contributed by atoms with Crippen molar-refractivity contribution in [1.29, 1.82) is 0 Å². The first-order valence-electron chi connectivity index (χ1n) is 13.4. The van der Waals surface area contributed by atoms with Crippen molar-refractivity contribution in [3.63, 3.8) is 0 Å². The molecule has 0 amide bonds. The normalized spacial score (nSPS) is 42.2. The SMILES string of the molecule is CON=C1CC2C(CCC2[C@H](C)O[Si](C)(C)C)C2CC[C@@H]3C[C@H](O[Si](C)(C)C)CCC3C12. The minimum Gasteiger partial charge on any atom is -0.415 e. The minimum atomic E-state index is -1.52. The smallest absolute Gasteiger partial charge is 0.184 e. The third-order valence-corrected chi connectivity index (χ3v) is 11.1. The number of fused-ring (bicyclic) bond motifs is 5. The van der Waals surface area contributed by atoms with Crippen LogP contribution in [0.15, 0.2) is 5.16 Å². The summed E-state index contributed by atoms with van der Waals surface area (Å²) in [6, 6.07) is 0. The molecule has 0 bridgehead atoms. The molecule has 9 atom stereocenters. The lowest BCUT2D eigenvalue weighted by molar-refractivity contribution is -0.0109. The number of rotatable bonds is 6. The zero-order valence-electron chi connectivity index (χ0n) is 22.0. The Hall–Kier alpha value is -0.176. The molecule has 4 aliphatic rings. The fourth-order valence-electron chi connectivity index (χ4n) is 8.32. The van der Waals surface area contributed by atoms with Crippen molar-refractivity contribution >= 4 is 22.3 Å². The first-order chi connectivity index (χ1) is 15.0. The lowest BCUT2D eigenvalue weighted by atomic mass is 9.52. The molecule has 6 unspecified atom stereocenters. The lowest BCUT2D eigenvalue weighted by Gasteiger charge is -2.53. The number of oxime groups is 1. The second-order valence-corrected chi connectivity index (χ2v) is 22.3. The maximum atomic E-state index is 6.60. The Morgan fingerprint density at radius 1 is 0.812 bits per heavy atom. The van der Waals surface area contributed by atoms with Gasteiger partial charge >= 0.3 is 0 Å². The van der Waals surface area contributed by atoms with Crippen molar-refractivity contribution in [3.05, 3.63) is 0 Å². The van der Waals surface area contributed by atoms with Crippen molar-refractivity contribution in [3.8, 4) is 0 Å². The van der Waals surface area contributed by atoms with Gasteiger partial charge in [0.1, 0.15) is 7.11 Å². The van der Waals surface area contributed by atoms with Gasteiger partial charge < -0.3 is 13.7 Å². The molecule has 4 nitrogen and oxygen atoms in total. The van der Waals surface area contributed by atoms with Crippen LogP contribution in [0.5, 0.6) is 0 Å². The molecule has 0 spiro atoms. The second kappa shape index (κ2) is 9.46. The quantitative estimate of drug-likeness (QED) is 0.306. The first kappa shape index (κ1) is 24.9. The predicted octanol–water partition coefficient (Wildman–Crippen LogP) is 6.94. The Kier molecular flexibility index (Phi) is 7.37. The zero-order chi connectivity index (χ0) is 23.3. The molecule has 4 fully saturated rings. The van der Waals surface area contributed by atoms with E-state index in [1.807, 2.05) is 0 Å². The Morgan fingerprint density at radius 2 is 1.50 bits per heavy atom. The average Bonchev–Trinajstić information content (AvgIpc) is 3.09. The van der Waals surface area contributed by atoms with Gasteiger partial charge in [0.2, 0.25) is 0 Å². The van der Waals surface area contributed by atoms with Gasteiger partial charge in [0, 0.05) is 18.1 Å². The molecule has 0 heterocycles. The summed E-state index contributed by atoms with van der Waals surface area (Å²) >= 11 is 0. The van der Waals surface area contributed by atoms with Crippen LogP contribution in [0.1, 0.15) is 58.3 Å². The van der Waals surface area contributed by atoms with Crippen LogP contribution in [0.2, 0.25) is 39.3 Å². The van der Waals surface area contributed by atoms with Gasteiger partial charge in [-0.25, -0.2) is 0 Å². The average molecular weight is 480 g/mol. The molecule has 0 N–H and O–H groups in total. The molecule has 4 saturated carbocycles. The van der Waals surface area contributed by atoms with Crippen LogP contribution in [0.4, 0.5) is 0 Å². The van der Waals surface area contributed by atoms with Gasteiger partial charge in [0.15, 0.2) is 16.6 Å². The van der Waals surface area contributed by atoms with E-state index >= 15 is 0 Å². The molecule has 0 aliphatic heterocycles. The number of hydrogen-bond donors (Lipinski definition) is 0. The minimum absolute atomic E-state index is 0.377. The Labute approximate surface area is 199 Å². The van der Waals surface area contributed by atoms with Gasteiger partial charge in [-0.3, -0.25) is 0 Å². The van der Waals surface area contributed by atoms with Crippen LogP contribution in [0, 0.1) is 41.4 Å². The maximum Gasteiger partial charge on any atom is 0.184 e. The van der Waals surface area contributed by atoms with Gasteiger partial charge in [0.25, 0.3) is 0 Å². The molecule has 0 saturated heterocycles. The summed E-state index contributed by atoms with van der Waals surface area (Å²) < 4.78 is 13.2. The third-order valence-electron chi connectivity index (χ3n) is 8.97. The lowest BCUT2D eigenvalue weighted by Crippen LogP contribution is -2.51. The van der Waals surface area contributed by atoms with E-state index in [4.69, 9.17) is 18.8 Å². The Bertz CT molecular complexity index is 686. The molecule has 0 aromatic rings. The Balaban J connectivity index is 1.51. The van der Waals surface area contributed by atoms with Crippen LogP contribution in [-0.4, -0.2) is 41.7 Å². The molecule has 0 aromatic heterocycles. The van der Waals surface area contributed by atoms with E-state index in [9.17, 15) is 0 Å². The van der Waals surface area contributed by atoms with Gasteiger partial charge in [-0.05, 0) is 133 Å². The molecule has 4 aliphatic carbocycles. The van der Waals surface area contributed by atoms with Gasteiger partial charge in [-0.2, -0.15) is 0 Å². The van der Waals surface area contributed by atoms with E-state index in [0.717, 1.165) is 36.0 Å². The van der Waals surface area contributed by atoms with Crippen LogP contribution in [-0.2, 0) is 13.7 Å². The molecule has 184 valence electrons. The van der Waals surface area contributed by atoms with E-state index in [0.29, 0.717) is 24.0 Å². The van der Waals surface area contributed by atoms with E-state index in [-0.39, 0.29) is 0 Å². The fourth-order valence-corrected chi connectivity index (χ4v) is 10.8. The first-order valence-corrected chi connectivity index (χ1v) is 20.2. The van der Waals surface area contributed by atoms with Crippen LogP contribution >= 0.6 is 0 Å². The molecule has 6 heteroatoms. The van der Waals surface area contributed by atoms with Gasteiger partial charge in [0.05, 0.1) is 5.71 Å². The van der Waals surface area contributed by atoms with Crippen LogP contribution in [0.3, 0.4) is 0 Å². The molecule has 4 rings (SSSR count). The van der Waals surface area contributed by atoms with E-state index in [1.54, 1.807) is 7.11 Å². The number of hydrogen-bond acceptors (Lipinski definition) is 4. The van der Waals surface area contributed by atoms with Crippen molar-refractivity contribution in [2.75, 3.05) is 7.11 Å². The summed E-state index contributed by atoms with van der Waals surface area (Å²) in [4.78, 5) is 5.47. The van der Waals surface area contributed by atoms with E-state index < -0.39 is 16.6 Å². The number of nitrogens with zero attached hydrogens (tertiary/aromatic N) is 1. The van der Waals surface area contributed by atoms with E-state index in [1.165, 1.54) is 50.7 Å². The van der Waals surface area contributed by atoms with Crippen LogP contribution < -0.4 is 0 Å². The molecule has 32 heavy (non-hydrogen) atoms. The topological polar surface area (TPSA) is 40.0 Å². The molecular formula is C26H49NO3Si2. The summed E-state index contributed by atoms with van der Waals surface area (Å²) in [5.74, 6) is 5.35. The fraction of sp³-hybridized carbons (Fsp3) is 0.962. The second-order valence-electron chi connectivity index (χ2n) is 13.3. The summed E-state index contributed by atoms with van der Waals surface area (Å²) in [6.07, 6.45) is 11.4. The van der Waals surface area contributed by atoms with Crippen molar-refractivity contribution in [2.24, 2.45) is 46.6 Å². The molecular weight excluding hydrogens is 430 g/mol. The van der Waals surface area contributed by atoms with Crippen molar-refractivity contribution in [1.82, 2.24) is 0 Å². The van der Waals surface area contributed by atoms with Crippen LogP contribution in [0.25, 0.3) is 0 Å². The third kappa shape index (κ3) is 5.39. The maximum absolute atomic E-state index is 6.60. The molecule has 0 aromatic carbocycles. The van der Waals surface area contributed by atoms with Crippen molar-refractivity contribution < 1.29 is 13.7 Å². The van der Waals surface area contributed by atoms with E-state index in [2.05, 4.69) is 46.2 Å². The largest absolute Gasteiger partial charge is 0.415 e. The zero-order valence-corrected chi connectivity index (χ0v) is 24.0. The summed E-state index contributed by atoms with van der Waals surface area (Å²) in [7, 11) is -1.24. The highest BCUT2D eigenvalue weighted by molar-refractivity contribution is 6.70. The summed E-state index contributed by atoms with van der Waals surface area (Å²) in [6.45, 7) is 16.3. The Morgan fingerprint density at radius 3 is 2.16 bits per heavy atom. The summed E-state index contributed by atoms with van der Waals surface area (Å²) in [5.41, 5.74) is 1.39. The highest BCUT2D eigenvalue weighted by Crippen LogP contribution is 2.59. The highest BCUT2D eigenvalue weighted by atomic mass is 28.4. The predicted molar refractivity (Wildman–Crippen MR) is 138 cm³/mol. The summed E-state index contributed by atoms with van der Waals surface area (Å²) in [5, 5.41) is 4.73. The highest BCUT2D eigenvalue weighted by Gasteiger charge is 2.55. The monoisotopic (exact) mass is 479 g/mol. The van der Waals surface area contributed by atoms with Gasteiger partial charge in [-0.15, -0.1) is 0 Å². The van der Waals surface area contributed by atoms with Gasteiger partial charge in [-0.1, -0.05) is 5.16 Å². The molecule has 0 radical (unpaired) electrons. The standard InChI is InChI=1S/C26H49NO3Si2/c1-17(29-31(3,4)5)20-13-14-22-23-11-9-18-15-19(30-32(6,7)8)10-12-21(18)26(23)25(27-28-2)16-24(20)22/h17-24,26H,9-16H2,1-8H3/t17-,18+,19+,20?,21?,22?,23?,24?,26?/m0/s1.